The molecule has 104 valence electrons. The van der Waals surface area contributed by atoms with Crippen molar-refractivity contribution in [2.45, 2.75) is 0 Å². The first-order chi connectivity index (χ1) is 9.47. The zero-order valence-corrected chi connectivity index (χ0v) is 13.4. The lowest BCUT2D eigenvalue weighted by molar-refractivity contribution is 0.102. The lowest BCUT2D eigenvalue weighted by atomic mass is 10.2. The Morgan fingerprint density at radius 1 is 1.20 bits per heavy atom. The van der Waals surface area contributed by atoms with Crippen LogP contribution in [0.1, 0.15) is 10.4 Å². The molecule has 0 aliphatic carbocycles. The van der Waals surface area contributed by atoms with Crippen molar-refractivity contribution in [1.82, 2.24) is 4.98 Å². The molecule has 1 aromatic carbocycles. The monoisotopic (exact) mass is 374 g/mol. The Kier molecular flexibility index (Phi) is 4.86. The zero-order chi connectivity index (χ0) is 14.7. The second-order valence-electron chi connectivity index (χ2n) is 3.84. The lowest BCUT2D eigenvalue weighted by Crippen LogP contribution is -2.12. The smallest absolute Gasteiger partial charge is 0.255 e. The predicted octanol–water partition coefficient (Wildman–Crippen LogP) is 4.41. The number of aromatic nitrogens is 1. The van der Waals surface area contributed by atoms with E-state index in [2.05, 4.69) is 26.2 Å². The van der Waals surface area contributed by atoms with Gasteiger partial charge in [0.2, 0.25) is 0 Å². The quantitative estimate of drug-likeness (QED) is 0.808. The molecule has 0 spiro atoms. The molecular weight excluding hydrogens is 367 g/mol. The molecule has 1 amide bonds. The van der Waals surface area contributed by atoms with Gasteiger partial charge in [-0.25, -0.2) is 4.98 Å². The summed E-state index contributed by atoms with van der Waals surface area (Å²) < 4.78 is 5.92. The highest BCUT2D eigenvalue weighted by Crippen LogP contribution is 2.25. The molecule has 1 N–H and O–H groups in total. The molecule has 0 aliphatic rings. The second-order valence-corrected chi connectivity index (χ2v) is 5.53. The molecule has 0 saturated carbocycles. The van der Waals surface area contributed by atoms with Crippen LogP contribution in [0.4, 0.5) is 5.69 Å². The SMILES string of the molecule is COc1cc(Br)cc(NC(=O)c2cc(Cl)nc(Cl)c2)c1. The van der Waals surface area contributed by atoms with E-state index in [1.54, 1.807) is 25.3 Å². The number of carbonyl (C=O) groups is 1. The summed E-state index contributed by atoms with van der Waals surface area (Å²) in [7, 11) is 1.55. The van der Waals surface area contributed by atoms with E-state index in [-0.39, 0.29) is 16.2 Å². The normalized spacial score (nSPS) is 10.2. The van der Waals surface area contributed by atoms with Crippen molar-refractivity contribution >= 4 is 50.7 Å². The fourth-order valence-electron chi connectivity index (χ4n) is 1.55. The molecule has 0 aliphatic heterocycles. The number of nitrogens with zero attached hydrogens (tertiary/aromatic N) is 1. The number of hydrogen-bond donors (Lipinski definition) is 1. The minimum absolute atomic E-state index is 0.162. The van der Waals surface area contributed by atoms with Crippen LogP contribution < -0.4 is 10.1 Å². The van der Waals surface area contributed by atoms with Crippen LogP contribution in [0.5, 0.6) is 5.75 Å². The standard InChI is InChI=1S/C13H9BrCl2N2O2/c1-20-10-5-8(14)4-9(6-10)17-13(19)7-2-11(15)18-12(16)3-7/h2-6H,1H3,(H,17,19). The van der Waals surface area contributed by atoms with Gasteiger partial charge >= 0.3 is 0 Å². The van der Waals surface area contributed by atoms with Crippen LogP contribution in [0.3, 0.4) is 0 Å². The minimum Gasteiger partial charge on any atom is -0.497 e. The molecule has 0 radical (unpaired) electrons. The van der Waals surface area contributed by atoms with Crippen molar-refractivity contribution in [2.75, 3.05) is 12.4 Å². The summed E-state index contributed by atoms with van der Waals surface area (Å²) >= 11 is 14.9. The molecule has 0 atom stereocenters. The summed E-state index contributed by atoms with van der Waals surface area (Å²) in [6, 6.07) is 8.13. The highest BCUT2D eigenvalue weighted by molar-refractivity contribution is 9.10. The summed E-state index contributed by atoms with van der Waals surface area (Å²) in [5.41, 5.74) is 0.916. The van der Waals surface area contributed by atoms with Gasteiger partial charge in [0.25, 0.3) is 5.91 Å². The van der Waals surface area contributed by atoms with Crippen LogP contribution in [-0.4, -0.2) is 18.0 Å². The van der Waals surface area contributed by atoms with Gasteiger partial charge in [0, 0.05) is 21.8 Å². The molecule has 1 aromatic heterocycles. The van der Waals surface area contributed by atoms with E-state index in [9.17, 15) is 4.79 Å². The van der Waals surface area contributed by atoms with Crippen molar-refractivity contribution in [3.05, 3.63) is 50.7 Å². The predicted molar refractivity (Wildman–Crippen MR) is 82.9 cm³/mol. The van der Waals surface area contributed by atoms with Crippen molar-refractivity contribution < 1.29 is 9.53 Å². The second kappa shape index (κ2) is 6.43. The maximum Gasteiger partial charge on any atom is 0.255 e. The highest BCUT2D eigenvalue weighted by Gasteiger charge is 2.10. The van der Waals surface area contributed by atoms with Crippen molar-refractivity contribution in [3.63, 3.8) is 0 Å². The molecule has 4 nitrogen and oxygen atoms in total. The van der Waals surface area contributed by atoms with Crippen LogP contribution in [0.25, 0.3) is 0 Å². The fraction of sp³-hybridized carbons (Fsp3) is 0.0769. The number of pyridine rings is 1. The first-order valence-corrected chi connectivity index (χ1v) is 7.02. The highest BCUT2D eigenvalue weighted by atomic mass is 79.9. The maximum atomic E-state index is 12.1. The number of amides is 1. The molecule has 20 heavy (non-hydrogen) atoms. The summed E-state index contributed by atoms with van der Waals surface area (Å²) in [6.07, 6.45) is 0. The zero-order valence-electron chi connectivity index (χ0n) is 10.3. The van der Waals surface area contributed by atoms with E-state index in [0.29, 0.717) is 17.0 Å². The number of methoxy groups -OCH3 is 1. The first-order valence-electron chi connectivity index (χ1n) is 5.47. The van der Waals surface area contributed by atoms with Crippen molar-refractivity contribution in [3.8, 4) is 5.75 Å². The van der Waals surface area contributed by atoms with Gasteiger partial charge < -0.3 is 10.1 Å². The lowest BCUT2D eigenvalue weighted by Gasteiger charge is -2.08. The van der Waals surface area contributed by atoms with E-state index in [4.69, 9.17) is 27.9 Å². The van der Waals surface area contributed by atoms with E-state index in [1.807, 2.05) is 0 Å². The Labute approximate surface area is 134 Å². The van der Waals surface area contributed by atoms with Crippen molar-refractivity contribution in [2.24, 2.45) is 0 Å². The van der Waals surface area contributed by atoms with Gasteiger partial charge in [0.05, 0.1) is 7.11 Å². The van der Waals surface area contributed by atoms with Crippen molar-refractivity contribution in [1.29, 1.82) is 0 Å². The summed E-state index contributed by atoms with van der Waals surface area (Å²) in [4.78, 5) is 15.9. The largest absolute Gasteiger partial charge is 0.497 e. The summed E-state index contributed by atoms with van der Waals surface area (Å²) in [5.74, 6) is 0.289. The summed E-state index contributed by atoms with van der Waals surface area (Å²) in [6.45, 7) is 0. The number of ether oxygens (including phenoxy) is 1. The number of carbonyl (C=O) groups excluding carboxylic acids is 1. The van der Waals surface area contributed by atoms with Crippen LogP contribution in [0.15, 0.2) is 34.8 Å². The number of anilines is 1. The van der Waals surface area contributed by atoms with Crippen LogP contribution in [-0.2, 0) is 0 Å². The number of nitrogens with one attached hydrogen (secondary N) is 1. The van der Waals surface area contributed by atoms with Gasteiger partial charge in [0.1, 0.15) is 16.1 Å². The molecule has 0 saturated heterocycles. The fourth-order valence-corrected chi connectivity index (χ4v) is 2.48. The molecular formula is C13H9BrCl2N2O2. The molecule has 0 unspecified atom stereocenters. The average molecular weight is 376 g/mol. The number of halogens is 3. The van der Waals surface area contributed by atoms with Gasteiger partial charge in [-0.15, -0.1) is 0 Å². The topological polar surface area (TPSA) is 51.2 Å². The molecule has 1 heterocycles. The number of benzene rings is 1. The minimum atomic E-state index is -0.337. The Morgan fingerprint density at radius 2 is 1.85 bits per heavy atom. The Morgan fingerprint density at radius 3 is 2.45 bits per heavy atom. The molecule has 2 rings (SSSR count). The van der Waals surface area contributed by atoms with E-state index < -0.39 is 0 Å². The van der Waals surface area contributed by atoms with Gasteiger partial charge in [-0.2, -0.15) is 0 Å². The third-order valence-corrected chi connectivity index (χ3v) is 3.23. The Balaban J connectivity index is 2.25. The third kappa shape index (κ3) is 3.85. The number of rotatable bonds is 3. The van der Waals surface area contributed by atoms with Crippen LogP contribution >= 0.6 is 39.1 Å². The van der Waals surface area contributed by atoms with E-state index >= 15 is 0 Å². The van der Waals surface area contributed by atoms with Crippen LogP contribution in [0, 0.1) is 0 Å². The first kappa shape index (κ1) is 15.1. The molecule has 7 heteroatoms. The molecule has 0 bridgehead atoms. The van der Waals surface area contributed by atoms with Gasteiger partial charge in [-0.05, 0) is 24.3 Å². The average Bonchev–Trinajstić information content (AvgIpc) is 2.36. The van der Waals surface area contributed by atoms with E-state index in [0.717, 1.165) is 4.47 Å². The van der Waals surface area contributed by atoms with Gasteiger partial charge in [-0.1, -0.05) is 39.1 Å². The Hall–Kier alpha value is -1.30. The van der Waals surface area contributed by atoms with Crippen LogP contribution in [0.2, 0.25) is 10.3 Å². The Bertz CT molecular complexity index is 645. The third-order valence-electron chi connectivity index (χ3n) is 2.39. The molecule has 0 fully saturated rings. The molecule has 2 aromatic rings. The van der Waals surface area contributed by atoms with Gasteiger partial charge in [0.15, 0.2) is 0 Å². The maximum absolute atomic E-state index is 12.1. The number of hydrogen-bond acceptors (Lipinski definition) is 3. The van der Waals surface area contributed by atoms with E-state index in [1.165, 1.54) is 12.1 Å². The summed E-state index contributed by atoms with van der Waals surface area (Å²) in [5, 5.41) is 3.06. The van der Waals surface area contributed by atoms with Gasteiger partial charge in [-0.3, -0.25) is 4.79 Å².